The predicted octanol–water partition coefficient (Wildman–Crippen LogP) is 5.73. The molecule has 0 radical (unpaired) electrons. The minimum Gasteiger partial charge on any atom is -0.306 e. The van der Waals surface area contributed by atoms with Crippen molar-refractivity contribution in [2.24, 2.45) is 0 Å². The van der Waals surface area contributed by atoms with E-state index in [1.54, 1.807) is 18.2 Å². The first-order chi connectivity index (χ1) is 9.92. The third-order valence-electron chi connectivity index (χ3n) is 2.98. The average molecular weight is 395 g/mol. The molecule has 0 saturated carbocycles. The Morgan fingerprint density at radius 2 is 1.67 bits per heavy atom. The van der Waals surface area contributed by atoms with Crippen LogP contribution < -0.4 is 5.32 Å². The fourth-order valence-electron chi connectivity index (χ4n) is 2.11. The van der Waals surface area contributed by atoms with Crippen LogP contribution in [0.2, 0.25) is 10.0 Å². The summed E-state index contributed by atoms with van der Waals surface area (Å²) in [7, 11) is 0. The van der Waals surface area contributed by atoms with Gasteiger partial charge < -0.3 is 5.32 Å². The number of nitrogens with one attached hydrogen (secondary N) is 1. The molecular formula is C15H12BrCl2F2N. The predicted molar refractivity (Wildman–Crippen MR) is 86.0 cm³/mol. The van der Waals surface area contributed by atoms with Gasteiger partial charge in [-0.05, 0) is 58.4 Å². The van der Waals surface area contributed by atoms with Crippen molar-refractivity contribution in [1.82, 2.24) is 5.32 Å². The van der Waals surface area contributed by atoms with Gasteiger partial charge in [0.15, 0.2) is 0 Å². The summed E-state index contributed by atoms with van der Waals surface area (Å²) in [6.45, 7) is 2.46. The molecule has 1 nitrogen and oxygen atoms in total. The van der Waals surface area contributed by atoms with Gasteiger partial charge in [0.2, 0.25) is 0 Å². The van der Waals surface area contributed by atoms with Gasteiger partial charge in [0.1, 0.15) is 11.6 Å². The van der Waals surface area contributed by atoms with Gasteiger partial charge in [0.05, 0.1) is 10.5 Å². The minimum atomic E-state index is -0.534. The molecule has 2 rings (SSSR count). The van der Waals surface area contributed by atoms with Gasteiger partial charge in [-0.1, -0.05) is 30.1 Å². The Labute approximate surface area is 140 Å². The highest BCUT2D eigenvalue weighted by atomic mass is 79.9. The van der Waals surface area contributed by atoms with E-state index in [1.807, 2.05) is 6.92 Å². The maximum atomic E-state index is 14.2. The lowest BCUT2D eigenvalue weighted by Gasteiger charge is -2.20. The minimum absolute atomic E-state index is 0.0862. The van der Waals surface area contributed by atoms with Crippen LogP contribution in [0.5, 0.6) is 0 Å². The van der Waals surface area contributed by atoms with Crippen molar-refractivity contribution in [2.45, 2.75) is 13.0 Å². The molecule has 112 valence electrons. The van der Waals surface area contributed by atoms with Gasteiger partial charge >= 0.3 is 0 Å². The van der Waals surface area contributed by atoms with Crippen LogP contribution in [-0.2, 0) is 0 Å². The van der Waals surface area contributed by atoms with E-state index >= 15 is 0 Å². The van der Waals surface area contributed by atoms with Gasteiger partial charge in [-0.15, -0.1) is 0 Å². The Kier molecular flexibility index (Phi) is 5.60. The van der Waals surface area contributed by atoms with Crippen molar-refractivity contribution in [3.05, 3.63) is 67.6 Å². The number of benzene rings is 2. The smallest absolute Gasteiger partial charge is 0.137 e. The average Bonchev–Trinajstić information content (AvgIpc) is 2.39. The second-order valence-corrected chi connectivity index (χ2v) is 6.21. The van der Waals surface area contributed by atoms with E-state index in [4.69, 9.17) is 23.2 Å². The molecule has 21 heavy (non-hydrogen) atoms. The SMILES string of the molecule is CCNC(c1cc(Cl)cc(Cl)c1)c1cc(F)c(Br)cc1F. The highest BCUT2D eigenvalue weighted by molar-refractivity contribution is 9.10. The van der Waals surface area contributed by atoms with Crippen LogP contribution in [0.4, 0.5) is 8.78 Å². The summed E-state index contributed by atoms with van der Waals surface area (Å²) in [5, 5.41) is 4.00. The second kappa shape index (κ2) is 7.05. The first-order valence-electron chi connectivity index (χ1n) is 6.26. The lowest BCUT2D eigenvalue weighted by atomic mass is 9.98. The van der Waals surface area contributed by atoms with E-state index < -0.39 is 17.7 Å². The Bertz CT molecular complexity index is 644. The number of hydrogen-bond donors (Lipinski definition) is 1. The Balaban J connectivity index is 2.55. The molecule has 0 saturated heterocycles. The Morgan fingerprint density at radius 1 is 1.05 bits per heavy atom. The molecule has 0 spiro atoms. The summed E-state index contributed by atoms with van der Waals surface area (Å²) in [6.07, 6.45) is 0. The van der Waals surface area contributed by atoms with Gasteiger partial charge in [-0.2, -0.15) is 0 Å². The van der Waals surface area contributed by atoms with Crippen LogP contribution in [0.1, 0.15) is 24.1 Å². The van der Waals surface area contributed by atoms with Crippen molar-refractivity contribution in [2.75, 3.05) is 6.54 Å². The molecular weight excluding hydrogens is 383 g/mol. The zero-order valence-electron chi connectivity index (χ0n) is 11.1. The molecule has 0 amide bonds. The zero-order chi connectivity index (χ0) is 15.6. The Hall–Kier alpha value is -0.680. The lowest BCUT2D eigenvalue weighted by Crippen LogP contribution is -2.23. The molecule has 2 aromatic rings. The van der Waals surface area contributed by atoms with Gasteiger partial charge in [0, 0.05) is 15.6 Å². The normalized spacial score (nSPS) is 12.5. The quantitative estimate of drug-likeness (QED) is 0.652. The molecule has 0 aliphatic carbocycles. The molecule has 2 aromatic carbocycles. The van der Waals surface area contributed by atoms with Crippen LogP contribution in [0, 0.1) is 11.6 Å². The molecule has 0 fully saturated rings. The van der Waals surface area contributed by atoms with Gasteiger partial charge in [-0.25, -0.2) is 8.78 Å². The molecule has 0 aromatic heterocycles. The van der Waals surface area contributed by atoms with Gasteiger partial charge in [-0.3, -0.25) is 0 Å². The van der Waals surface area contributed by atoms with Crippen molar-refractivity contribution in [3.63, 3.8) is 0 Å². The van der Waals surface area contributed by atoms with E-state index in [0.29, 0.717) is 22.2 Å². The van der Waals surface area contributed by atoms with Crippen LogP contribution in [-0.4, -0.2) is 6.54 Å². The Morgan fingerprint density at radius 3 is 2.24 bits per heavy atom. The van der Waals surface area contributed by atoms with Crippen LogP contribution in [0.25, 0.3) is 0 Å². The van der Waals surface area contributed by atoms with E-state index in [0.717, 1.165) is 6.07 Å². The third-order valence-corrected chi connectivity index (χ3v) is 4.02. The summed E-state index contributed by atoms with van der Waals surface area (Å²) >= 11 is 15.0. The standard InChI is InChI=1S/C15H12BrCl2F2N/c1-2-21-15(8-3-9(17)5-10(18)4-8)11-6-14(20)12(16)7-13(11)19/h3-7,15,21H,2H2,1H3. The highest BCUT2D eigenvalue weighted by Gasteiger charge is 2.20. The van der Waals surface area contributed by atoms with Crippen LogP contribution >= 0.6 is 39.1 Å². The van der Waals surface area contributed by atoms with E-state index in [9.17, 15) is 8.78 Å². The highest BCUT2D eigenvalue weighted by Crippen LogP contribution is 2.31. The first kappa shape index (κ1) is 16.7. The number of hydrogen-bond acceptors (Lipinski definition) is 1. The molecule has 1 unspecified atom stereocenters. The van der Waals surface area contributed by atoms with Gasteiger partial charge in [0.25, 0.3) is 0 Å². The summed E-state index contributed by atoms with van der Waals surface area (Å²) < 4.78 is 28.0. The van der Waals surface area contributed by atoms with Crippen LogP contribution in [0.15, 0.2) is 34.8 Å². The third kappa shape index (κ3) is 3.95. The van der Waals surface area contributed by atoms with E-state index in [-0.39, 0.29) is 10.0 Å². The molecule has 6 heteroatoms. The number of halogens is 5. The first-order valence-corrected chi connectivity index (χ1v) is 7.81. The van der Waals surface area contributed by atoms with Crippen molar-refractivity contribution in [3.8, 4) is 0 Å². The fraction of sp³-hybridized carbons (Fsp3) is 0.200. The maximum absolute atomic E-state index is 14.2. The molecule has 1 atom stereocenters. The van der Waals surface area contributed by atoms with Crippen molar-refractivity contribution >= 4 is 39.1 Å². The topological polar surface area (TPSA) is 12.0 Å². The van der Waals surface area contributed by atoms with E-state index in [1.165, 1.54) is 6.07 Å². The van der Waals surface area contributed by atoms with Crippen LogP contribution in [0.3, 0.4) is 0 Å². The molecule has 1 N–H and O–H groups in total. The maximum Gasteiger partial charge on any atom is 0.137 e. The summed E-state index contributed by atoms with van der Waals surface area (Å²) in [5.41, 5.74) is 0.880. The van der Waals surface area contributed by atoms with E-state index in [2.05, 4.69) is 21.2 Å². The summed E-state index contributed by atoms with van der Waals surface area (Å²) in [6, 6.07) is 6.70. The molecule has 0 heterocycles. The molecule has 0 aliphatic heterocycles. The monoisotopic (exact) mass is 393 g/mol. The zero-order valence-corrected chi connectivity index (χ0v) is 14.2. The number of rotatable bonds is 4. The summed E-state index contributed by atoms with van der Waals surface area (Å²) in [4.78, 5) is 0. The fourth-order valence-corrected chi connectivity index (χ4v) is 2.97. The molecule has 0 bridgehead atoms. The summed E-state index contributed by atoms with van der Waals surface area (Å²) in [5.74, 6) is -1.03. The van der Waals surface area contributed by atoms with Crippen molar-refractivity contribution in [1.29, 1.82) is 0 Å². The van der Waals surface area contributed by atoms with Crippen molar-refractivity contribution < 1.29 is 8.78 Å². The molecule has 0 aliphatic rings. The second-order valence-electron chi connectivity index (χ2n) is 4.48. The lowest BCUT2D eigenvalue weighted by molar-refractivity contribution is 0.542. The largest absolute Gasteiger partial charge is 0.306 e.